The smallest absolute Gasteiger partial charge is 0.0938 e. The predicted molar refractivity (Wildman–Crippen MR) is 88.8 cm³/mol. The van der Waals surface area contributed by atoms with Gasteiger partial charge in [-0.15, -0.1) is 11.3 Å². The summed E-state index contributed by atoms with van der Waals surface area (Å²) in [5, 5.41) is 4.80. The normalized spacial score (nSPS) is 17.8. The Morgan fingerprint density at radius 1 is 1.10 bits per heavy atom. The summed E-state index contributed by atoms with van der Waals surface area (Å²) in [6.45, 7) is 2.09. The van der Waals surface area contributed by atoms with Crippen molar-refractivity contribution in [1.29, 1.82) is 0 Å². The van der Waals surface area contributed by atoms with Crippen molar-refractivity contribution < 1.29 is 0 Å². The maximum atomic E-state index is 4.75. The minimum Gasteiger partial charge on any atom is -0.312 e. The van der Waals surface area contributed by atoms with Gasteiger partial charge in [0, 0.05) is 13.1 Å². The van der Waals surface area contributed by atoms with Gasteiger partial charge in [-0.2, -0.15) is 0 Å². The van der Waals surface area contributed by atoms with Crippen LogP contribution in [0.5, 0.6) is 0 Å². The van der Waals surface area contributed by atoms with Crippen LogP contribution in [0.4, 0.5) is 0 Å². The van der Waals surface area contributed by atoms with E-state index in [1.54, 1.807) is 0 Å². The van der Waals surface area contributed by atoms with E-state index in [1.807, 2.05) is 11.3 Å². The number of rotatable bonds is 3. The van der Waals surface area contributed by atoms with Crippen molar-refractivity contribution in [3.05, 3.63) is 64.7 Å². The largest absolute Gasteiger partial charge is 0.312 e. The maximum absolute atomic E-state index is 4.75. The molecule has 1 N–H and O–H groups in total. The van der Waals surface area contributed by atoms with Gasteiger partial charge in [0.1, 0.15) is 0 Å². The highest BCUT2D eigenvalue weighted by atomic mass is 32.1. The van der Waals surface area contributed by atoms with Crippen molar-refractivity contribution in [2.24, 2.45) is 0 Å². The Bertz CT molecular complexity index is 730. The van der Waals surface area contributed by atoms with E-state index in [9.17, 15) is 0 Å². The molecule has 0 saturated carbocycles. The van der Waals surface area contributed by atoms with Crippen molar-refractivity contribution in [1.82, 2.24) is 10.3 Å². The van der Waals surface area contributed by atoms with Crippen LogP contribution in [-0.4, -0.2) is 11.5 Å². The number of hydrogen-bond acceptors (Lipinski definition) is 3. The van der Waals surface area contributed by atoms with Crippen LogP contribution in [0.1, 0.15) is 28.5 Å². The van der Waals surface area contributed by atoms with Crippen LogP contribution in [0.3, 0.4) is 0 Å². The van der Waals surface area contributed by atoms with Crippen LogP contribution in [0.2, 0.25) is 0 Å². The standard InChI is InChI=1S/C18H18N2S/c1-2-6-15-13(5-1)11-19-12-14(15)9-10-18-20-16-7-3-4-8-17(16)21-18/h1-8,14,19H,9-12H2. The van der Waals surface area contributed by atoms with Gasteiger partial charge in [-0.25, -0.2) is 4.98 Å². The highest BCUT2D eigenvalue weighted by Crippen LogP contribution is 2.29. The zero-order valence-electron chi connectivity index (χ0n) is 11.9. The lowest BCUT2D eigenvalue weighted by molar-refractivity contribution is 0.514. The molecule has 0 bridgehead atoms. The van der Waals surface area contributed by atoms with Gasteiger partial charge in [0.15, 0.2) is 0 Å². The van der Waals surface area contributed by atoms with Gasteiger partial charge in [0.2, 0.25) is 0 Å². The second kappa shape index (κ2) is 5.58. The average Bonchev–Trinajstić information content (AvgIpc) is 2.96. The molecule has 0 fully saturated rings. The summed E-state index contributed by atoms with van der Waals surface area (Å²) < 4.78 is 1.30. The Morgan fingerprint density at radius 3 is 2.90 bits per heavy atom. The summed E-state index contributed by atoms with van der Waals surface area (Å²) in [6, 6.07) is 17.2. The Labute approximate surface area is 128 Å². The first-order chi connectivity index (χ1) is 10.4. The minimum absolute atomic E-state index is 0.613. The Morgan fingerprint density at radius 2 is 1.95 bits per heavy atom. The number of aromatic nitrogens is 1. The molecule has 0 radical (unpaired) electrons. The van der Waals surface area contributed by atoms with E-state index >= 15 is 0 Å². The first kappa shape index (κ1) is 13.0. The summed E-state index contributed by atoms with van der Waals surface area (Å²) in [6.07, 6.45) is 2.24. The second-order valence-corrected chi connectivity index (χ2v) is 6.76. The summed E-state index contributed by atoms with van der Waals surface area (Å²) in [5.74, 6) is 0.613. The molecule has 1 atom stereocenters. The summed E-state index contributed by atoms with van der Waals surface area (Å²) in [4.78, 5) is 4.75. The fourth-order valence-corrected chi connectivity index (χ4v) is 4.15. The second-order valence-electron chi connectivity index (χ2n) is 5.64. The van der Waals surface area contributed by atoms with Crippen LogP contribution in [0.15, 0.2) is 48.5 Å². The number of hydrogen-bond donors (Lipinski definition) is 1. The lowest BCUT2D eigenvalue weighted by Gasteiger charge is -2.26. The third kappa shape index (κ3) is 2.59. The number of para-hydroxylation sites is 1. The molecule has 4 rings (SSSR count). The predicted octanol–water partition coefficient (Wildman–Crippen LogP) is 4.12. The van der Waals surface area contributed by atoms with E-state index in [2.05, 4.69) is 53.8 Å². The lowest BCUT2D eigenvalue weighted by Crippen LogP contribution is -2.28. The van der Waals surface area contributed by atoms with Crippen LogP contribution in [0, 0.1) is 0 Å². The minimum atomic E-state index is 0.613. The molecule has 0 spiro atoms. The molecule has 1 unspecified atom stereocenters. The van der Waals surface area contributed by atoms with Crippen molar-refractivity contribution in [3.63, 3.8) is 0 Å². The monoisotopic (exact) mass is 294 g/mol. The van der Waals surface area contributed by atoms with Crippen molar-refractivity contribution in [2.75, 3.05) is 6.54 Å². The summed E-state index contributed by atoms with van der Waals surface area (Å²) in [7, 11) is 0. The summed E-state index contributed by atoms with van der Waals surface area (Å²) in [5.41, 5.74) is 4.12. The Hall–Kier alpha value is -1.71. The number of thiazole rings is 1. The summed E-state index contributed by atoms with van der Waals surface area (Å²) >= 11 is 1.84. The van der Waals surface area contributed by atoms with E-state index in [0.717, 1.165) is 25.0 Å². The molecule has 21 heavy (non-hydrogen) atoms. The number of nitrogens with one attached hydrogen (secondary N) is 1. The van der Waals surface area contributed by atoms with E-state index < -0.39 is 0 Å². The molecule has 2 nitrogen and oxygen atoms in total. The molecule has 2 heterocycles. The molecular weight excluding hydrogens is 276 g/mol. The molecular formula is C18H18N2S. The molecule has 1 aliphatic rings. The lowest BCUT2D eigenvalue weighted by atomic mass is 9.88. The van der Waals surface area contributed by atoms with Crippen LogP contribution in [-0.2, 0) is 13.0 Å². The van der Waals surface area contributed by atoms with Gasteiger partial charge in [-0.05, 0) is 42.0 Å². The van der Waals surface area contributed by atoms with Crippen LogP contribution >= 0.6 is 11.3 Å². The van der Waals surface area contributed by atoms with Crippen molar-refractivity contribution in [3.8, 4) is 0 Å². The third-order valence-electron chi connectivity index (χ3n) is 4.25. The van der Waals surface area contributed by atoms with Gasteiger partial charge < -0.3 is 5.32 Å². The van der Waals surface area contributed by atoms with E-state index in [1.165, 1.54) is 27.3 Å². The zero-order valence-corrected chi connectivity index (χ0v) is 12.7. The first-order valence-corrected chi connectivity index (χ1v) is 8.35. The van der Waals surface area contributed by atoms with E-state index in [0.29, 0.717) is 5.92 Å². The zero-order chi connectivity index (χ0) is 14.1. The topological polar surface area (TPSA) is 24.9 Å². The number of nitrogens with zero attached hydrogens (tertiary/aromatic N) is 1. The molecule has 3 aromatic rings. The van der Waals surface area contributed by atoms with E-state index in [4.69, 9.17) is 4.98 Å². The number of aryl methyl sites for hydroxylation is 1. The first-order valence-electron chi connectivity index (χ1n) is 7.53. The quantitative estimate of drug-likeness (QED) is 0.786. The molecule has 1 aliphatic heterocycles. The highest BCUT2D eigenvalue weighted by Gasteiger charge is 2.19. The van der Waals surface area contributed by atoms with Crippen molar-refractivity contribution >= 4 is 21.6 Å². The van der Waals surface area contributed by atoms with Crippen LogP contribution in [0.25, 0.3) is 10.2 Å². The van der Waals surface area contributed by atoms with Gasteiger partial charge in [-0.1, -0.05) is 36.4 Å². The highest BCUT2D eigenvalue weighted by molar-refractivity contribution is 7.18. The Balaban J connectivity index is 1.52. The number of fused-ring (bicyclic) bond motifs is 2. The molecule has 2 aromatic carbocycles. The Kier molecular flexibility index (Phi) is 3.45. The van der Waals surface area contributed by atoms with E-state index in [-0.39, 0.29) is 0 Å². The SMILES string of the molecule is c1ccc2c(c1)CNCC2CCc1nc2ccccc2s1. The molecule has 3 heteroatoms. The fraction of sp³-hybridized carbons (Fsp3) is 0.278. The van der Waals surface area contributed by atoms with Crippen molar-refractivity contribution in [2.45, 2.75) is 25.3 Å². The van der Waals surface area contributed by atoms with Gasteiger partial charge in [-0.3, -0.25) is 0 Å². The maximum Gasteiger partial charge on any atom is 0.0938 e. The molecule has 106 valence electrons. The molecule has 0 amide bonds. The fourth-order valence-electron chi connectivity index (χ4n) is 3.17. The van der Waals surface area contributed by atoms with Gasteiger partial charge in [0.05, 0.1) is 15.2 Å². The average molecular weight is 294 g/mol. The molecule has 0 saturated heterocycles. The molecule has 1 aromatic heterocycles. The molecule has 0 aliphatic carbocycles. The van der Waals surface area contributed by atoms with Crippen LogP contribution < -0.4 is 5.32 Å². The van der Waals surface area contributed by atoms with Gasteiger partial charge >= 0.3 is 0 Å². The third-order valence-corrected chi connectivity index (χ3v) is 5.34. The van der Waals surface area contributed by atoms with Gasteiger partial charge in [0.25, 0.3) is 0 Å². The number of benzene rings is 2.